The Morgan fingerprint density at radius 2 is 2.00 bits per heavy atom. The lowest BCUT2D eigenvalue weighted by molar-refractivity contribution is 0.514. The summed E-state index contributed by atoms with van der Waals surface area (Å²) in [7, 11) is 0. The Hall–Kier alpha value is -0.840. The molecule has 1 aromatic rings. The number of anilines is 1. The fraction of sp³-hybridized carbons (Fsp3) is 0.600. The first-order valence-electron chi connectivity index (χ1n) is 5.14. The van der Waals surface area contributed by atoms with Crippen LogP contribution in [0.3, 0.4) is 0 Å². The number of nitrogens with zero attached hydrogens (tertiary/aromatic N) is 2. The number of hydrogen-bond donors (Lipinski definition) is 1. The number of hydrogen-bond acceptors (Lipinski definition) is 4. The quantitative estimate of drug-likeness (QED) is 0.858. The van der Waals surface area contributed by atoms with Crippen LogP contribution in [0, 0.1) is 11.7 Å². The number of halogens is 1. The highest BCUT2D eigenvalue weighted by molar-refractivity contribution is 7.99. The lowest BCUT2D eigenvalue weighted by Gasteiger charge is -2.21. The maximum atomic E-state index is 12.5. The maximum Gasteiger partial charge on any atom is 0.222 e. The van der Waals surface area contributed by atoms with E-state index in [1.165, 1.54) is 36.7 Å². The summed E-state index contributed by atoms with van der Waals surface area (Å²) in [5.41, 5.74) is 0. The summed E-state index contributed by atoms with van der Waals surface area (Å²) >= 11 is 2.01. The van der Waals surface area contributed by atoms with Crippen LogP contribution in [0.2, 0.25) is 0 Å². The van der Waals surface area contributed by atoms with Gasteiger partial charge < -0.3 is 5.32 Å². The lowest BCUT2D eigenvalue weighted by Crippen LogP contribution is -2.20. The molecule has 3 nitrogen and oxygen atoms in total. The topological polar surface area (TPSA) is 37.8 Å². The third kappa shape index (κ3) is 3.34. The van der Waals surface area contributed by atoms with E-state index in [9.17, 15) is 4.39 Å². The van der Waals surface area contributed by atoms with Crippen molar-refractivity contribution in [1.29, 1.82) is 0 Å². The first kappa shape index (κ1) is 10.7. The van der Waals surface area contributed by atoms with Gasteiger partial charge in [-0.25, -0.2) is 14.4 Å². The van der Waals surface area contributed by atoms with Crippen molar-refractivity contribution in [2.24, 2.45) is 5.92 Å². The zero-order chi connectivity index (χ0) is 10.5. The standard InChI is InChI=1S/C10H14FN3S/c11-9-6-13-10(14-7-9)12-5-8-1-3-15-4-2-8/h6-8H,1-5H2,(H,12,13,14). The largest absolute Gasteiger partial charge is 0.354 e. The van der Waals surface area contributed by atoms with E-state index in [-0.39, 0.29) is 0 Å². The zero-order valence-corrected chi connectivity index (χ0v) is 9.26. The number of thioether (sulfide) groups is 1. The normalized spacial score (nSPS) is 17.7. The van der Waals surface area contributed by atoms with E-state index < -0.39 is 5.82 Å². The van der Waals surface area contributed by atoms with Gasteiger partial charge in [-0.2, -0.15) is 11.8 Å². The fourth-order valence-electron chi connectivity index (χ4n) is 1.59. The second-order valence-electron chi connectivity index (χ2n) is 3.66. The van der Waals surface area contributed by atoms with Crippen LogP contribution in [-0.2, 0) is 0 Å². The van der Waals surface area contributed by atoms with Gasteiger partial charge in [0.1, 0.15) is 0 Å². The van der Waals surface area contributed by atoms with Gasteiger partial charge >= 0.3 is 0 Å². The van der Waals surface area contributed by atoms with Crippen LogP contribution in [0.5, 0.6) is 0 Å². The van der Waals surface area contributed by atoms with Gasteiger partial charge in [0.25, 0.3) is 0 Å². The molecule has 0 aliphatic carbocycles. The highest BCUT2D eigenvalue weighted by Crippen LogP contribution is 2.22. The van der Waals surface area contributed by atoms with Gasteiger partial charge in [0.15, 0.2) is 5.82 Å². The van der Waals surface area contributed by atoms with Crippen LogP contribution in [0.25, 0.3) is 0 Å². The average Bonchev–Trinajstić information content (AvgIpc) is 2.30. The highest BCUT2D eigenvalue weighted by Gasteiger charge is 2.13. The molecule has 1 fully saturated rings. The Morgan fingerprint density at radius 1 is 1.33 bits per heavy atom. The van der Waals surface area contributed by atoms with Crippen molar-refractivity contribution < 1.29 is 4.39 Å². The van der Waals surface area contributed by atoms with Crippen LogP contribution in [0.4, 0.5) is 10.3 Å². The molecule has 1 saturated heterocycles. The molecule has 5 heteroatoms. The monoisotopic (exact) mass is 227 g/mol. The van der Waals surface area contributed by atoms with Crippen molar-refractivity contribution >= 4 is 17.7 Å². The van der Waals surface area contributed by atoms with E-state index in [4.69, 9.17) is 0 Å². The average molecular weight is 227 g/mol. The van der Waals surface area contributed by atoms with Crippen molar-refractivity contribution in [3.05, 3.63) is 18.2 Å². The molecule has 0 aromatic carbocycles. The molecule has 0 spiro atoms. The van der Waals surface area contributed by atoms with E-state index in [0.29, 0.717) is 11.9 Å². The number of rotatable bonds is 3. The van der Waals surface area contributed by atoms with E-state index in [0.717, 1.165) is 6.54 Å². The van der Waals surface area contributed by atoms with Gasteiger partial charge in [0.2, 0.25) is 5.95 Å². The van der Waals surface area contributed by atoms with Gasteiger partial charge in [-0.1, -0.05) is 0 Å². The van der Waals surface area contributed by atoms with Crippen LogP contribution in [-0.4, -0.2) is 28.0 Å². The van der Waals surface area contributed by atoms with Crippen molar-refractivity contribution in [1.82, 2.24) is 9.97 Å². The molecule has 0 radical (unpaired) electrons. The van der Waals surface area contributed by atoms with E-state index >= 15 is 0 Å². The third-order valence-corrected chi connectivity index (χ3v) is 3.56. The molecule has 0 unspecified atom stereocenters. The third-order valence-electron chi connectivity index (χ3n) is 2.51. The predicted octanol–water partition coefficient (Wildman–Crippen LogP) is 2.17. The van der Waals surface area contributed by atoms with Crippen LogP contribution in [0.1, 0.15) is 12.8 Å². The predicted molar refractivity (Wildman–Crippen MR) is 60.5 cm³/mol. The Bertz CT molecular complexity index is 298. The molecule has 2 heterocycles. The number of aromatic nitrogens is 2. The summed E-state index contributed by atoms with van der Waals surface area (Å²) in [6.45, 7) is 0.895. The van der Waals surface area contributed by atoms with Gasteiger partial charge in [-0.05, 0) is 30.3 Å². The van der Waals surface area contributed by atoms with Gasteiger partial charge in [-0.3, -0.25) is 0 Å². The van der Waals surface area contributed by atoms with Gasteiger partial charge in [0.05, 0.1) is 12.4 Å². The second-order valence-corrected chi connectivity index (χ2v) is 4.89. The van der Waals surface area contributed by atoms with Crippen molar-refractivity contribution in [3.63, 3.8) is 0 Å². The molecule has 0 atom stereocenters. The first-order valence-corrected chi connectivity index (χ1v) is 6.29. The summed E-state index contributed by atoms with van der Waals surface area (Å²) in [5.74, 6) is 3.33. The molecule has 0 saturated carbocycles. The van der Waals surface area contributed by atoms with Gasteiger partial charge in [0, 0.05) is 6.54 Å². The summed E-state index contributed by atoms with van der Waals surface area (Å²) < 4.78 is 12.5. The second kappa shape index (κ2) is 5.30. The smallest absolute Gasteiger partial charge is 0.222 e. The summed E-state index contributed by atoms with van der Waals surface area (Å²) in [6.07, 6.45) is 4.87. The molecule has 15 heavy (non-hydrogen) atoms. The van der Waals surface area contributed by atoms with E-state index in [1.54, 1.807) is 0 Å². The molecular weight excluding hydrogens is 213 g/mol. The minimum Gasteiger partial charge on any atom is -0.354 e. The summed E-state index contributed by atoms with van der Waals surface area (Å²) in [4.78, 5) is 7.72. The number of nitrogens with one attached hydrogen (secondary N) is 1. The Balaban J connectivity index is 1.79. The van der Waals surface area contributed by atoms with Crippen molar-refractivity contribution in [2.45, 2.75) is 12.8 Å². The fourth-order valence-corrected chi connectivity index (χ4v) is 2.79. The molecule has 1 aromatic heterocycles. The van der Waals surface area contributed by atoms with E-state index in [2.05, 4.69) is 15.3 Å². The van der Waals surface area contributed by atoms with E-state index in [1.807, 2.05) is 11.8 Å². The first-order chi connectivity index (χ1) is 7.34. The Morgan fingerprint density at radius 3 is 2.67 bits per heavy atom. The summed E-state index contributed by atoms with van der Waals surface area (Å²) in [6, 6.07) is 0. The molecule has 0 amide bonds. The van der Waals surface area contributed by atoms with Crippen molar-refractivity contribution in [2.75, 3.05) is 23.4 Å². The van der Waals surface area contributed by atoms with Crippen molar-refractivity contribution in [3.8, 4) is 0 Å². The molecule has 0 bridgehead atoms. The minimum atomic E-state index is -0.394. The zero-order valence-electron chi connectivity index (χ0n) is 8.45. The van der Waals surface area contributed by atoms with Crippen LogP contribution in [0.15, 0.2) is 12.4 Å². The Kier molecular flexibility index (Phi) is 3.77. The van der Waals surface area contributed by atoms with Crippen LogP contribution < -0.4 is 5.32 Å². The minimum absolute atomic E-state index is 0.394. The lowest BCUT2D eigenvalue weighted by atomic mass is 10.0. The molecule has 1 N–H and O–H groups in total. The molecule has 82 valence electrons. The Labute approximate surface area is 92.9 Å². The highest BCUT2D eigenvalue weighted by atomic mass is 32.2. The molecule has 2 rings (SSSR count). The SMILES string of the molecule is Fc1cnc(NCC2CCSCC2)nc1. The van der Waals surface area contributed by atoms with Crippen LogP contribution >= 0.6 is 11.8 Å². The maximum absolute atomic E-state index is 12.5. The summed E-state index contributed by atoms with van der Waals surface area (Å²) in [5, 5.41) is 3.14. The molecular formula is C10H14FN3S. The molecule has 1 aliphatic heterocycles. The van der Waals surface area contributed by atoms with Gasteiger partial charge in [-0.15, -0.1) is 0 Å². The molecule has 1 aliphatic rings.